The van der Waals surface area contributed by atoms with E-state index < -0.39 is 11.9 Å². The Balaban J connectivity index is 1.61. The van der Waals surface area contributed by atoms with Crippen LogP contribution in [0.25, 0.3) is 11.0 Å². The molecule has 1 saturated heterocycles. The predicted molar refractivity (Wildman–Crippen MR) is 139 cm³/mol. The standard InChI is InChI=1S/C27H30ClN5O2/c1-3-19(4-2)18-35-27(34)22(17-29)25-26(31-24-11-6-5-10-23(24)30-25)33-14-12-32(13-15-33)21-9-7-8-20(28)16-21/h5-11,16,19,22H,3-4,12-15,18H2,1-2H3. The van der Waals surface area contributed by atoms with Crippen LogP contribution in [0.15, 0.2) is 48.5 Å². The number of benzene rings is 2. The van der Waals surface area contributed by atoms with Crippen molar-refractivity contribution in [3.63, 3.8) is 0 Å². The van der Waals surface area contributed by atoms with E-state index in [2.05, 4.69) is 29.7 Å². The number of esters is 1. The Bertz CT molecular complexity index is 1220. The second-order valence-electron chi connectivity index (χ2n) is 8.75. The zero-order valence-electron chi connectivity index (χ0n) is 20.2. The number of piperazine rings is 1. The zero-order valence-corrected chi connectivity index (χ0v) is 20.9. The maximum Gasteiger partial charge on any atom is 0.329 e. The third-order valence-corrected chi connectivity index (χ3v) is 6.82. The Morgan fingerprint density at radius 3 is 2.31 bits per heavy atom. The molecule has 3 aromatic rings. The van der Waals surface area contributed by atoms with E-state index in [0.717, 1.165) is 37.1 Å². The molecule has 0 spiro atoms. The molecule has 182 valence electrons. The van der Waals surface area contributed by atoms with E-state index in [9.17, 15) is 10.1 Å². The molecule has 0 amide bonds. The number of carbonyl (C=O) groups is 1. The number of para-hydroxylation sites is 2. The summed E-state index contributed by atoms with van der Waals surface area (Å²) >= 11 is 6.18. The molecule has 2 heterocycles. The van der Waals surface area contributed by atoms with Crippen LogP contribution in [0.5, 0.6) is 0 Å². The maximum absolute atomic E-state index is 13.0. The summed E-state index contributed by atoms with van der Waals surface area (Å²) in [5.74, 6) is -0.856. The highest BCUT2D eigenvalue weighted by molar-refractivity contribution is 6.30. The summed E-state index contributed by atoms with van der Waals surface area (Å²) in [6.45, 7) is 7.30. The summed E-state index contributed by atoms with van der Waals surface area (Å²) in [5, 5.41) is 10.7. The normalized spacial score (nSPS) is 14.7. The van der Waals surface area contributed by atoms with E-state index in [0.29, 0.717) is 41.7 Å². The van der Waals surface area contributed by atoms with Crippen LogP contribution in [0.3, 0.4) is 0 Å². The van der Waals surface area contributed by atoms with Crippen molar-refractivity contribution in [1.82, 2.24) is 9.97 Å². The van der Waals surface area contributed by atoms with Crippen molar-refractivity contribution in [2.45, 2.75) is 32.6 Å². The van der Waals surface area contributed by atoms with Crippen LogP contribution in [0.1, 0.15) is 38.3 Å². The van der Waals surface area contributed by atoms with Crippen molar-refractivity contribution in [2.24, 2.45) is 5.92 Å². The molecule has 1 unspecified atom stereocenters. The van der Waals surface area contributed by atoms with E-state index in [1.807, 2.05) is 48.5 Å². The van der Waals surface area contributed by atoms with Crippen LogP contribution < -0.4 is 9.80 Å². The van der Waals surface area contributed by atoms with Crippen molar-refractivity contribution in [3.8, 4) is 6.07 Å². The number of hydrogen-bond donors (Lipinski definition) is 0. The molecular formula is C27H30ClN5O2. The summed E-state index contributed by atoms with van der Waals surface area (Å²) < 4.78 is 5.57. The third-order valence-electron chi connectivity index (χ3n) is 6.58. The SMILES string of the molecule is CCC(CC)COC(=O)C(C#N)c1nc2ccccc2nc1N1CCN(c2cccc(Cl)c2)CC1. The van der Waals surface area contributed by atoms with Gasteiger partial charge < -0.3 is 14.5 Å². The van der Waals surface area contributed by atoms with Crippen LogP contribution in [0.2, 0.25) is 5.02 Å². The fourth-order valence-electron chi connectivity index (χ4n) is 4.31. The lowest BCUT2D eigenvalue weighted by molar-refractivity contribution is -0.145. The van der Waals surface area contributed by atoms with Crippen LogP contribution in [-0.2, 0) is 9.53 Å². The van der Waals surface area contributed by atoms with Gasteiger partial charge in [0.05, 0.1) is 23.7 Å². The number of aromatic nitrogens is 2. The number of nitrogens with zero attached hydrogens (tertiary/aromatic N) is 5. The van der Waals surface area contributed by atoms with Crippen molar-refractivity contribution in [1.29, 1.82) is 5.26 Å². The van der Waals surface area contributed by atoms with E-state index >= 15 is 0 Å². The van der Waals surface area contributed by atoms with Crippen molar-refractivity contribution in [2.75, 3.05) is 42.6 Å². The lowest BCUT2D eigenvalue weighted by Crippen LogP contribution is -2.47. The number of carbonyl (C=O) groups excluding carboxylic acids is 1. The molecule has 8 heteroatoms. The van der Waals surface area contributed by atoms with Gasteiger partial charge in [-0.2, -0.15) is 5.26 Å². The highest BCUT2D eigenvalue weighted by atomic mass is 35.5. The van der Waals surface area contributed by atoms with Gasteiger partial charge in [0.1, 0.15) is 5.69 Å². The number of anilines is 2. The van der Waals surface area contributed by atoms with Crippen LogP contribution >= 0.6 is 11.6 Å². The molecule has 4 rings (SSSR count). The topological polar surface area (TPSA) is 82.3 Å². The quantitative estimate of drug-likeness (QED) is 0.400. The van der Waals surface area contributed by atoms with Gasteiger partial charge in [-0.15, -0.1) is 0 Å². The Morgan fingerprint density at radius 2 is 1.69 bits per heavy atom. The van der Waals surface area contributed by atoms with E-state index in [1.165, 1.54) is 0 Å². The first kappa shape index (κ1) is 24.7. The molecule has 1 aromatic heterocycles. The van der Waals surface area contributed by atoms with Crippen molar-refractivity contribution < 1.29 is 9.53 Å². The lowest BCUT2D eigenvalue weighted by atomic mass is 10.0. The van der Waals surface area contributed by atoms with Gasteiger partial charge >= 0.3 is 5.97 Å². The number of rotatable bonds is 8. The molecule has 0 saturated carbocycles. The van der Waals surface area contributed by atoms with Gasteiger partial charge in [-0.1, -0.05) is 56.5 Å². The van der Waals surface area contributed by atoms with Crippen LogP contribution in [0.4, 0.5) is 11.5 Å². The summed E-state index contributed by atoms with van der Waals surface area (Å²) in [6, 6.07) is 17.5. The number of ether oxygens (including phenoxy) is 1. The van der Waals surface area contributed by atoms with Gasteiger partial charge in [0.15, 0.2) is 11.7 Å². The fourth-order valence-corrected chi connectivity index (χ4v) is 4.50. The summed E-state index contributed by atoms with van der Waals surface area (Å²) in [4.78, 5) is 27.0. The number of hydrogen-bond acceptors (Lipinski definition) is 7. The molecule has 2 aromatic carbocycles. The van der Waals surface area contributed by atoms with E-state index in [-0.39, 0.29) is 5.92 Å². The minimum absolute atomic E-state index is 0.278. The predicted octanol–water partition coefficient (Wildman–Crippen LogP) is 5.20. The average Bonchev–Trinajstić information content (AvgIpc) is 2.89. The molecule has 0 aliphatic carbocycles. The molecule has 0 bridgehead atoms. The lowest BCUT2D eigenvalue weighted by Gasteiger charge is -2.37. The second kappa shape index (κ2) is 11.4. The Hall–Kier alpha value is -3.37. The molecule has 1 aliphatic rings. The number of fused-ring (bicyclic) bond motifs is 1. The molecule has 1 atom stereocenters. The van der Waals surface area contributed by atoms with Gasteiger partial charge in [-0.25, -0.2) is 9.97 Å². The van der Waals surface area contributed by atoms with Crippen molar-refractivity contribution in [3.05, 3.63) is 59.2 Å². The number of halogens is 1. The average molecular weight is 492 g/mol. The maximum atomic E-state index is 13.0. The Morgan fingerprint density at radius 1 is 1.03 bits per heavy atom. The van der Waals surface area contributed by atoms with Crippen LogP contribution in [0, 0.1) is 17.2 Å². The van der Waals surface area contributed by atoms with Gasteiger partial charge in [0, 0.05) is 36.9 Å². The highest BCUT2D eigenvalue weighted by Crippen LogP contribution is 2.30. The molecule has 7 nitrogen and oxygen atoms in total. The Kier molecular flexibility index (Phi) is 8.04. The summed E-state index contributed by atoms with van der Waals surface area (Å²) in [7, 11) is 0. The molecule has 35 heavy (non-hydrogen) atoms. The highest BCUT2D eigenvalue weighted by Gasteiger charge is 2.31. The zero-order chi connectivity index (χ0) is 24.8. The molecule has 1 fully saturated rings. The van der Waals surface area contributed by atoms with Gasteiger partial charge in [0.25, 0.3) is 0 Å². The van der Waals surface area contributed by atoms with E-state index in [4.69, 9.17) is 26.3 Å². The first-order chi connectivity index (χ1) is 17.0. The van der Waals surface area contributed by atoms with Gasteiger partial charge in [-0.3, -0.25) is 4.79 Å². The largest absolute Gasteiger partial charge is 0.464 e. The van der Waals surface area contributed by atoms with Crippen molar-refractivity contribution >= 4 is 40.1 Å². The monoisotopic (exact) mass is 491 g/mol. The third kappa shape index (κ3) is 5.66. The summed E-state index contributed by atoms with van der Waals surface area (Å²) in [6.07, 6.45) is 1.83. The minimum atomic E-state index is -1.14. The smallest absolute Gasteiger partial charge is 0.329 e. The summed E-state index contributed by atoms with van der Waals surface area (Å²) in [5.41, 5.74) is 2.81. The Labute approximate surface area is 211 Å². The van der Waals surface area contributed by atoms with E-state index in [1.54, 1.807) is 0 Å². The molecule has 1 aliphatic heterocycles. The first-order valence-corrected chi connectivity index (χ1v) is 12.5. The number of nitriles is 1. The first-order valence-electron chi connectivity index (χ1n) is 12.1. The van der Waals surface area contributed by atoms with Gasteiger partial charge in [0.2, 0.25) is 0 Å². The fraction of sp³-hybridized carbons (Fsp3) is 0.407. The minimum Gasteiger partial charge on any atom is -0.464 e. The van der Waals surface area contributed by atoms with Crippen LogP contribution in [-0.4, -0.2) is 48.7 Å². The van der Waals surface area contributed by atoms with Gasteiger partial charge in [-0.05, 0) is 36.2 Å². The molecular weight excluding hydrogens is 462 g/mol. The molecule has 0 radical (unpaired) electrons. The molecule has 0 N–H and O–H groups in total. The second-order valence-corrected chi connectivity index (χ2v) is 9.19.